The van der Waals surface area contributed by atoms with Crippen molar-refractivity contribution in [1.29, 1.82) is 0 Å². The van der Waals surface area contributed by atoms with E-state index >= 15 is 0 Å². The van der Waals surface area contributed by atoms with Crippen LogP contribution in [0, 0.1) is 0 Å². The van der Waals surface area contributed by atoms with Crippen molar-refractivity contribution in [3.63, 3.8) is 0 Å². The molecule has 0 aromatic heterocycles. The van der Waals surface area contributed by atoms with Gasteiger partial charge in [0.2, 0.25) is 0 Å². The van der Waals surface area contributed by atoms with Gasteiger partial charge in [0.15, 0.2) is 12.2 Å². The van der Waals surface area contributed by atoms with Crippen molar-refractivity contribution >= 4 is 61.8 Å². The summed E-state index contributed by atoms with van der Waals surface area (Å²) in [5, 5.41) is -1.20. The zero-order valence-electron chi connectivity index (χ0n) is 29.8. The predicted octanol–water partition coefficient (Wildman–Crippen LogP) is 7.73. The molecule has 0 saturated heterocycles. The number of aryl methyl sites for hydroxylation is 1. The Morgan fingerprint density at radius 2 is 0.796 bits per heavy atom. The molecule has 9 nitrogen and oxygen atoms in total. The Balaban J connectivity index is 1.36. The third kappa shape index (κ3) is 16.0. The van der Waals surface area contributed by atoms with Crippen LogP contribution in [-0.2, 0) is 49.3 Å². The average molecular weight is 791 g/mol. The Morgan fingerprint density at radius 1 is 0.444 bits per heavy atom. The molecule has 0 amide bonds. The van der Waals surface area contributed by atoms with Gasteiger partial charge >= 0.3 is 23.9 Å². The number of hydrogen-bond acceptors (Lipinski definition) is 12. The maximum Gasteiger partial charge on any atom is 0.307 e. The highest BCUT2D eigenvalue weighted by atomic mass is 32.1. The van der Waals surface area contributed by atoms with Crippen LogP contribution in [0.3, 0.4) is 0 Å². The molecule has 12 heteroatoms. The Labute approximate surface area is 333 Å². The fourth-order valence-corrected chi connectivity index (χ4v) is 6.24. The molecule has 0 N–H and O–H groups in total. The lowest BCUT2D eigenvalue weighted by Crippen LogP contribution is -2.34. The number of rotatable bonds is 22. The van der Waals surface area contributed by atoms with Crippen molar-refractivity contribution in [3.05, 3.63) is 144 Å². The molecule has 0 fully saturated rings. The molecule has 0 aliphatic heterocycles. The molecule has 286 valence electrons. The van der Waals surface area contributed by atoms with Crippen molar-refractivity contribution in [2.75, 3.05) is 26.4 Å². The molecule has 0 saturated carbocycles. The molecule has 4 rings (SSSR count). The lowest BCUT2D eigenvalue weighted by Gasteiger charge is -2.22. The highest BCUT2D eigenvalue weighted by molar-refractivity contribution is 7.80. The largest absolute Gasteiger partial charge is 0.462 e. The summed E-state index contributed by atoms with van der Waals surface area (Å²) in [5.41, 5.74) is 3.54. The minimum absolute atomic E-state index is 0.00141. The van der Waals surface area contributed by atoms with E-state index in [1.807, 2.05) is 121 Å². The van der Waals surface area contributed by atoms with E-state index in [4.69, 9.17) is 23.7 Å². The summed E-state index contributed by atoms with van der Waals surface area (Å²) in [6, 6.07) is 37.5. The highest BCUT2D eigenvalue weighted by Crippen LogP contribution is 2.26. The molecule has 0 aliphatic rings. The fourth-order valence-electron chi connectivity index (χ4n) is 5.28. The minimum Gasteiger partial charge on any atom is -0.462 e. The summed E-state index contributed by atoms with van der Waals surface area (Å²) < 4.78 is 28.3. The van der Waals surface area contributed by atoms with Crippen LogP contribution in [0.15, 0.2) is 121 Å². The van der Waals surface area contributed by atoms with Gasteiger partial charge in [0.25, 0.3) is 0 Å². The monoisotopic (exact) mass is 790 g/mol. The maximum atomic E-state index is 13.0. The van der Waals surface area contributed by atoms with Gasteiger partial charge in [0.1, 0.15) is 13.2 Å². The second kappa shape index (κ2) is 23.5. The van der Waals surface area contributed by atoms with E-state index < -0.39 is 46.6 Å². The van der Waals surface area contributed by atoms with Crippen LogP contribution in [0.25, 0.3) is 0 Å². The van der Waals surface area contributed by atoms with Crippen LogP contribution in [-0.4, -0.2) is 62.5 Å². The second-order valence-corrected chi connectivity index (χ2v) is 14.4. The Bertz CT molecular complexity index is 1710. The topological polar surface area (TPSA) is 114 Å². The molecule has 0 aliphatic carbocycles. The van der Waals surface area contributed by atoms with Crippen LogP contribution in [0.2, 0.25) is 0 Å². The van der Waals surface area contributed by atoms with E-state index in [1.165, 1.54) is 0 Å². The van der Waals surface area contributed by atoms with Crippen molar-refractivity contribution < 1.29 is 42.9 Å². The van der Waals surface area contributed by atoms with Crippen LogP contribution in [0.4, 0.5) is 0 Å². The molecule has 54 heavy (non-hydrogen) atoms. The Hall–Kier alpha value is -4.23. The minimum atomic E-state index is -0.999. The number of hydrogen-bond donors (Lipinski definition) is 3. The van der Waals surface area contributed by atoms with Gasteiger partial charge in [-0.05, 0) is 28.7 Å². The van der Waals surface area contributed by atoms with E-state index in [-0.39, 0.29) is 57.4 Å². The van der Waals surface area contributed by atoms with Gasteiger partial charge in [-0.2, -0.15) is 37.9 Å². The summed E-state index contributed by atoms with van der Waals surface area (Å²) in [4.78, 5) is 51.5. The zero-order valence-corrected chi connectivity index (χ0v) is 32.5. The van der Waals surface area contributed by atoms with Gasteiger partial charge in [-0.3, -0.25) is 19.2 Å². The quantitative estimate of drug-likeness (QED) is 0.0418. The third-order valence-electron chi connectivity index (χ3n) is 8.16. The van der Waals surface area contributed by atoms with Crippen molar-refractivity contribution in [2.24, 2.45) is 0 Å². The van der Waals surface area contributed by atoms with Crippen molar-refractivity contribution in [2.45, 2.75) is 60.1 Å². The Morgan fingerprint density at radius 3 is 1.20 bits per heavy atom. The van der Waals surface area contributed by atoms with Crippen LogP contribution >= 0.6 is 37.9 Å². The molecular formula is C42H46O9S3. The summed E-state index contributed by atoms with van der Waals surface area (Å²) in [6.07, 6.45) is -1.47. The average Bonchev–Trinajstić information content (AvgIpc) is 3.19. The summed E-state index contributed by atoms with van der Waals surface area (Å²) in [6.45, 7) is -0.960. The predicted molar refractivity (Wildman–Crippen MR) is 216 cm³/mol. The normalized spacial score (nSPS) is 13.8. The van der Waals surface area contributed by atoms with E-state index in [9.17, 15) is 19.2 Å². The van der Waals surface area contributed by atoms with Gasteiger partial charge < -0.3 is 23.7 Å². The van der Waals surface area contributed by atoms with Gasteiger partial charge in [-0.25, -0.2) is 0 Å². The SMILES string of the molecule is O=C(CC(S)c1ccccc1)OCC(COCC(COC(=O)CC(S)c1ccccc1)OC(=O)CC(S)c1ccccc1)OC(=O)CCc1ccccc1. The second-order valence-electron chi connectivity index (χ2n) is 12.5. The van der Waals surface area contributed by atoms with E-state index in [2.05, 4.69) is 37.9 Å². The smallest absolute Gasteiger partial charge is 0.307 e. The first-order valence-electron chi connectivity index (χ1n) is 17.7. The number of esters is 4. The molecule has 0 bridgehead atoms. The third-order valence-corrected chi connectivity index (χ3v) is 9.60. The zero-order chi connectivity index (χ0) is 38.5. The van der Waals surface area contributed by atoms with Crippen molar-refractivity contribution in [3.8, 4) is 0 Å². The lowest BCUT2D eigenvalue weighted by molar-refractivity contribution is -0.168. The lowest BCUT2D eigenvalue weighted by atomic mass is 10.1. The number of carbonyl (C=O) groups excluding carboxylic acids is 4. The first-order valence-corrected chi connectivity index (χ1v) is 19.2. The number of ether oxygens (including phenoxy) is 5. The van der Waals surface area contributed by atoms with E-state index in [1.54, 1.807) is 0 Å². The number of carbonyl (C=O) groups is 4. The summed E-state index contributed by atoms with van der Waals surface area (Å²) in [5.74, 6) is -2.14. The van der Waals surface area contributed by atoms with Gasteiger partial charge in [-0.15, -0.1) is 0 Å². The molecule has 5 unspecified atom stereocenters. The first-order chi connectivity index (χ1) is 26.2. The first kappa shape index (κ1) is 42.5. The Kier molecular flexibility index (Phi) is 18.5. The molecule has 4 aromatic rings. The van der Waals surface area contributed by atoms with Crippen LogP contribution in [0.5, 0.6) is 0 Å². The molecular weight excluding hydrogens is 745 g/mol. The van der Waals surface area contributed by atoms with Crippen molar-refractivity contribution in [1.82, 2.24) is 0 Å². The molecule has 5 atom stereocenters. The molecule has 4 aromatic carbocycles. The highest BCUT2D eigenvalue weighted by Gasteiger charge is 2.24. The van der Waals surface area contributed by atoms with Gasteiger partial charge in [0.05, 0.1) is 32.5 Å². The fraction of sp³-hybridized carbons (Fsp3) is 0.333. The standard InChI is InChI=1S/C42H46O9S3/c43-39(22-21-30-13-5-1-6-14-30)50-34(28-48-40(44)23-36(52)31-15-7-2-8-16-31)26-47-27-35(51-42(46)25-38(54)33-19-11-4-12-20-33)29-49-41(45)24-37(53)32-17-9-3-10-18-32/h1-20,34-38,52-54H,21-29H2. The van der Waals surface area contributed by atoms with Crippen LogP contribution in [0.1, 0.15) is 63.7 Å². The van der Waals surface area contributed by atoms with E-state index in [0.29, 0.717) is 6.42 Å². The van der Waals surface area contributed by atoms with Gasteiger partial charge in [0, 0.05) is 22.2 Å². The molecule has 0 radical (unpaired) electrons. The van der Waals surface area contributed by atoms with Gasteiger partial charge in [-0.1, -0.05) is 121 Å². The molecule has 0 heterocycles. The van der Waals surface area contributed by atoms with Crippen LogP contribution < -0.4 is 0 Å². The summed E-state index contributed by atoms with van der Waals surface area (Å²) in [7, 11) is 0. The number of thiol groups is 3. The van der Waals surface area contributed by atoms with E-state index in [0.717, 1.165) is 22.3 Å². The number of benzene rings is 4. The maximum absolute atomic E-state index is 13.0. The summed E-state index contributed by atoms with van der Waals surface area (Å²) >= 11 is 13.7. The molecule has 0 spiro atoms.